The molecule has 0 saturated carbocycles. The highest BCUT2D eigenvalue weighted by Gasteiger charge is 2.35. The molecular weight excluding hydrogens is 276 g/mol. The van der Waals surface area contributed by atoms with E-state index in [1.807, 2.05) is 31.2 Å². The number of ether oxygens (including phenoxy) is 1. The highest BCUT2D eigenvalue weighted by molar-refractivity contribution is 8.00. The molecule has 1 fully saturated rings. The molecule has 1 aliphatic heterocycles. The van der Waals surface area contributed by atoms with E-state index in [1.54, 1.807) is 29.8 Å². The summed E-state index contributed by atoms with van der Waals surface area (Å²) in [7, 11) is 1.63. The lowest BCUT2D eigenvalue weighted by atomic mass is 10.2. The standard InChI is InChI=1S/C14H14N2O3S/c1-9-7-12(15-19-9)16-13(17)8-20-14(16)10-3-5-11(18-2)6-4-10/h3-7,14H,8H2,1-2H3. The van der Waals surface area contributed by atoms with Crippen LogP contribution in [0, 0.1) is 6.92 Å². The van der Waals surface area contributed by atoms with Gasteiger partial charge in [-0.2, -0.15) is 0 Å². The Labute approximate surface area is 120 Å². The molecule has 0 bridgehead atoms. The zero-order valence-electron chi connectivity index (χ0n) is 11.2. The van der Waals surface area contributed by atoms with E-state index in [4.69, 9.17) is 9.26 Å². The molecule has 20 heavy (non-hydrogen) atoms. The number of aromatic nitrogens is 1. The van der Waals surface area contributed by atoms with Gasteiger partial charge in [-0.3, -0.25) is 9.69 Å². The van der Waals surface area contributed by atoms with Gasteiger partial charge in [-0.1, -0.05) is 17.3 Å². The first-order chi connectivity index (χ1) is 9.69. The summed E-state index contributed by atoms with van der Waals surface area (Å²) in [6.45, 7) is 1.81. The molecule has 1 saturated heterocycles. The average molecular weight is 290 g/mol. The number of rotatable bonds is 3. The minimum Gasteiger partial charge on any atom is -0.497 e. The van der Waals surface area contributed by atoms with E-state index < -0.39 is 0 Å². The first-order valence-corrected chi connectivity index (χ1v) is 7.25. The predicted octanol–water partition coefficient (Wildman–Crippen LogP) is 2.77. The van der Waals surface area contributed by atoms with E-state index in [2.05, 4.69) is 5.16 Å². The third kappa shape index (κ3) is 2.27. The molecule has 0 radical (unpaired) electrons. The van der Waals surface area contributed by atoms with Gasteiger partial charge in [-0.15, -0.1) is 11.8 Å². The molecule has 1 amide bonds. The quantitative estimate of drug-likeness (QED) is 0.870. The van der Waals surface area contributed by atoms with Gasteiger partial charge in [0.25, 0.3) is 0 Å². The summed E-state index contributed by atoms with van der Waals surface area (Å²) in [5.74, 6) is 2.55. The molecule has 2 aromatic rings. The fourth-order valence-corrected chi connectivity index (χ4v) is 3.32. The highest BCUT2D eigenvalue weighted by atomic mass is 32.2. The molecule has 1 aromatic heterocycles. The van der Waals surface area contributed by atoms with Crippen molar-refractivity contribution in [3.63, 3.8) is 0 Å². The van der Waals surface area contributed by atoms with Crippen LogP contribution in [0.15, 0.2) is 34.9 Å². The van der Waals surface area contributed by atoms with Crippen molar-refractivity contribution in [1.29, 1.82) is 0 Å². The van der Waals surface area contributed by atoms with Crippen LogP contribution in [0.5, 0.6) is 5.75 Å². The number of hydrogen-bond acceptors (Lipinski definition) is 5. The molecule has 1 aliphatic rings. The Morgan fingerprint density at radius 3 is 2.75 bits per heavy atom. The number of aryl methyl sites for hydroxylation is 1. The lowest BCUT2D eigenvalue weighted by Gasteiger charge is -2.21. The van der Waals surface area contributed by atoms with Gasteiger partial charge in [0, 0.05) is 6.07 Å². The summed E-state index contributed by atoms with van der Waals surface area (Å²) >= 11 is 1.58. The molecule has 6 heteroatoms. The van der Waals surface area contributed by atoms with Crippen LogP contribution in [0.4, 0.5) is 5.82 Å². The molecule has 1 atom stereocenters. The second-order valence-corrected chi connectivity index (χ2v) is 5.56. The summed E-state index contributed by atoms with van der Waals surface area (Å²) in [4.78, 5) is 13.8. The van der Waals surface area contributed by atoms with Crippen molar-refractivity contribution < 1.29 is 14.1 Å². The molecule has 2 heterocycles. The summed E-state index contributed by atoms with van der Waals surface area (Å²) in [5.41, 5.74) is 1.04. The second-order valence-electron chi connectivity index (χ2n) is 4.50. The number of carbonyl (C=O) groups excluding carboxylic acids is 1. The topological polar surface area (TPSA) is 55.6 Å². The molecular formula is C14H14N2O3S. The zero-order valence-corrected chi connectivity index (χ0v) is 12.0. The number of thioether (sulfide) groups is 1. The third-order valence-corrected chi connectivity index (χ3v) is 4.34. The summed E-state index contributed by atoms with van der Waals surface area (Å²) in [6, 6.07) is 9.50. The van der Waals surface area contributed by atoms with Crippen molar-refractivity contribution >= 4 is 23.5 Å². The van der Waals surface area contributed by atoms with Crippen LogP contribution in [0.3, 0.4) is 0 Å². The zero-order chi connectivity index (χ0) is 14.1. The van der Waals surface area contributed by atoms with Crippen LogP contribution in [0.25, 0.3) is 0 Å². The van der Waals surface area contributed by atoms with Crippen LogP contribution >= 0.6 is 11.8 Å². The molecule has 0 N–H and O–H groups in total. The monoisotopic (exact) mass is 290 g/mol. The fraction of sp³-hybridized carbons (Fsp3) is 0.286. The van der Waals surface area contributed by atoms with Crippen molar-refractivity contribution in [3.8, 4) is 5.75 Å². The second kappa shape index (κ2) is 5.20. The molecule has 1 unspecified atom stereocenters. The van der Waals surface area contributed by atoms with Gasteiger partial charge < -0.3 is 9.26 Å². The summed E-state index contributed by atoms with van der Waals surface area (Å²) in [6.07, 6.45) is 0. The molecule has 3 rings (SSSR count). The Bertz CT molecular complexity index is 624. The number of methoxy groups -OCH3 is 1. The van der Waals surface area contributed by atoms with Crippen molar-refractivity contribution in [2.45, 2.75) is 12.3 Å². The van der Waals surface area contributed by atoms with Gasteiger partial charge in [0.15, 0.2) is 5.82 Å². The van der Waals surface area contributed by atoms with Crippen LogP contribution in [0.1, 0.15) is 16.7 Å². The normalized spacial score (nSPS) is 18.6. The van der Waals surface area contributed by atoms with Crippen molar-refractivity contribution in [1.82, 2.24) is 5.16 Å². The van der Waals surface area contributed by atoms with Crippen LogP contribution in [-0.2, 0) is 4.79 Å². The third-order valence-electron chi connectivity index (χ3n) is 3.13. The molecule has 0 spiro atoms. The van der Waals surface area contributed by atoms with Crippen LogP contribution < -0.4 is 9.64 Å². The number of nitrogens with zero attached hydrogens (tertiary/aromatic N) is 2. The number of anilines is 1. The van der Waals surface area contributed by atoms with Crippen LogP contribution in [0.2, 0.25) is 0 Å². The van der Waals surface area contributed by atoms with Gasteiger partial charge in [0.2, 0.25) is 5.91 Å². The summed E-state index contributed by atoms with van der Waals surface area (Å²) in [5, 5.41) is 3.88. The maximum Gasteiger partial charge on any atom is 0.239 e. The number of amides is 1. The Kier molecular flexibility index (Phi) is 3.40. The van der Waals surface area contributed by atoms with E-state index in [1.165, 1.54) is 0 Å². The maximum absolute atomic E-state index is 12.1. The minimum absolute atomic E-state index is 0.0455. The largest absolute Gasteiger partial charge is 0.497 e. The molecule has 0 aliphatic carbocycles. The van der Waals surface area contributed by atoms with E-state index in [0.717, 1.165) is 11.3 Å². The lowest BCUT2D eigenvalue weighted by molar-refractivity contribution is -0.115. The van der Waals surface area contributed by atoms with Gasteiger partial charge in [0.1, 0.15) is 16.9 Å². The predicted molar refractivity (Wildman–Crippen MR) is 76.9 cm³/mol. The molecule has 104 valence electrons. The molecule has 5 nitrogen and oxygen atoms in total. The van der Waals surface area contributed by atoms with Crippen molar-refractivity contribution in [3.05, 3.63) is 41.7 Å². The van der Waals surface area contributed by atoms with E-state index in [9.17, 15) is 4.79 Å². The maximum atomic E-state index is 12.1. The Morgan fingerprint density at radius 1 is 1.40 bits per heavy atom. The van der Waals surface area contributed by atoms with E-state index in [-0.39, 0.29) is 11.3 Å². The summed E-state index contributed by atoms with van der Waals surface area (Å²) < 4.78 is 10.2. The van der Waals surface area contributed by atoms with Crippen molar-refractivity contribution in [2.24, 2.45) is 0 Å². The first-order valence-electron chi connectivity index (χ1n) is 6.20. The first kappa shape index (κ1) is 13.1. The highest BCUT2D eigenvalue weighted by Crippen LogP contribution is 2.41. The molecule has 1 aromatic carbocycles. The Hall–Kier alpha value is -1.95. The van der Waals surface area contributed by atoms with Gasteiger partial charge in [-0.25, -0.2) is 0 Å². The Balaban J connectivity index is 1.92. The number of benzene rings is 1. The average Bonchev–Trinajstić information content (AvgIpc) is 3.05. The van der Waals surface area contributed by atoms with E-state index >= 15 is 0 Å². The lowest BCUT2D eigenvalue weighted by Crippen LogP contribution is -2.28. The minimum atomic E-state index is -0.0714. The van der Waals surface area contributed by atoms with Crippen LogP contribution in [-0.4, -0.2) is 23.9 Å². The fourth-order valence-electron chi connectivity index (χ4n) is 2.15. The Morgan fingerprint density at radius 2 is 2.15 bits per heavy atom. The van der Waals surface area contributed by atoms with Gasteiger partial charge in [-0.05, 0) is 24.6 Å². The van der Waals surface area contributed by atoms with Gasteiger partial charge >= 0.3 is 0 Å². The smallest absolute Gasteiger partial charge is 0.239 e. The van der Waals surface area contributed by atoms with Gasteiger partial charge in [0.05, 0.1) is 12.9 Å². The number of carbonyl (C=O) groups is 1. The van der Waals surface area contributed by atoms with Crippen molar-refractivity contribution in [2.75, 3.05) is 17.8 Å². The number of hydrogen-bond donors (Lipinski definition) is 0. The van der Waals surface area contributed by atoms with E-state index in [0.29, 0.717) is 17.3 Å². The SMILES string of the molecule is COc1ccc(C2SCC(=O)N2c2cc(C)on2)cc1.